The predicted molar refractivity (Wildman–Crippen MR) is 93.2 cm³/mol. The van der Waals surface area contributed by atoms with E-state index < -0.39 is 30.4 Å². The van der Waals surface area contributed by atoms with Crippen LogP contribution in [0.15, 0.2) is 24.3 Å². The number of carboxylic acids is 1. The number of benzene rings is 1. The number of amides is 1. The third kappa shape index (κ3) is 10.0. The van der Waals surface area contributed by atoms with Gasteiger partial charge in [-0.25, -0.2) is 4.79 Å². The number of carbonyl (C=O) groups excluding carboxylic acids is 3. The second-order valence-electron chi connectivity index (χ2n) is 6.04. The van der Waals surface area contributed by atoms with Crippen LogP contribution in [0.5, 0.6) is 0 Å². The van der Waals surface area contributed by atoms with E-state index in [4.69, 9.17) is 21.1 Å². The third-order valence-electron chi connectivity index (χ3n) is 3.52. The number of hydrogen-bond donors (Lipinski definition) is 1. The van der Waals surface area contributed by atoms with Gasteiger partial charge in [0.1, 0.15) is 0 Å². The summed E-state index contributed by atoms with van der Waals surface area (Å²) >= 11 is 5.80. The van der Waals surface area contributed by atoms with Gasteiger partial charge in [0.2, 0.25) is 0 Å². The zero-order chi connectivity index (χ0) is 19.7. The topological polar surface area (TPSA) is 105 Å². The molecule has 2 unspecified atom stereocenters. The number of aryl methyl sites for hydroxylation is 1. The minimum atomic E-state index is -1.43. The summed E-state index contributed by atoms with van der Waals surface area (Å²) in [5.41, 5.74) is 0.868. The molecule has 144 valence electrons. The third-order valence-corrected chi connectivity index (χ3v) is 3.77. The molecule has 1 N–H and O–H groups in total. The van der Waals surface area contributed by atoms with Gasteiger partial charge < -0.3 is 24.7 Å². The maximum absolute atomic E-state index is 12.0. The Morgan fingerprint density at radius 1 is 1.15 bits per heavy atom. The van der Waals surface area contributed by atoms with Crippen molar-refractivity contribution in [1.82, 2.24) is 5.32 Å². The molecule has 1 aromatic carbocycles. The minimum absolute atomic E-state index is 0. The van der Waals surface area contributed by atoms with Crippen LogP contribution in [-0.4, -0.2) is 30.4 Å². The van der Waals surface area contributed by atoms with Crippen molar-refractivity contribution >= 4 is 29.6 Å². The SMILES string of the molecule is CCC(=O)OC(OC(=O)NC(CCc1ccc(Cl)cc1)C(=O)[O-])C(C)C.[Na+]. The first-order valence-electron chi connectivity index (χ1n) is 8.34. The van der Waals surface area contributed by atoms with E-state index in [1.54, 1.807) is 45.0 Å². The Hall–Kier alpha value is -1.28. The summed E-state index contributed by atoms with van der Waals surface area (Å²) in [7, 11) is 0. The predicted octanol–water partition coefficient (Wildman–Crippen LogP) is -0.943. The van der Waals surface area contributed by atoms with Crippen molar-refractivity contribution in [3.05, 3.63) is 34.9 Å². The number of halogens is 1. The molecule has 1 amide bonds. The molecule has 0 spiro atoms. The molecule has 0 radical (unpaired) electrons. The van der Waals surface area contributed by atoms with Crippen LogP contribution in [0.3, 0.4) is 0 Å². The summed E-state index contributed by atoms with van der Waals surface area (Å²) < 4.78 is 10.0. The van der Waals surface area contributed by atoms with Crippen molar-refractivity contribution in [1.29, 1.82) is 0 Å². The number of esters is 1. The van der Waals surface area contributed by atoms with Crippen LogP contribution in [0.1, 0.15) is 39.2 Å². The number of ether oxygens (including phenoxy) is 2. The number of aliphatic carboxylic acids is 1. The monoisotopic (exact) mass is 407 g/mol. The summed E-state index contributed by atoms with van der Waals surface area (Å²) in [5.74, 6) is -2.23. The van der Waals surface area contributed by atoms with Crippen molar-refractivity contribution in [3.8, 4) is 0 Å². The largest absolute Gasteiger partial charge is 1.00 e. The van der Waals surface area contributed by atoms with Crippen LogP contribution < -0.4 is 40.0 Å². The zero-order valence-electron chi connectivity index (χ0n) is 16.0. The Bertz CT molecular complexity index is 623. The van der Waals surface area contributed by atoms with Crippen LogP contribution in [0.2, 0.25) is 5.02 Å². The van der Waals surface area contributed by atoms with E-state index in [-0.39, 0.29) is 48.3 Å². The molecule has 1 aromatic rings. The molecule has 7 nitrogen and oxygen atoms in total. The molecular weight excluding hydrogens is 385 g/mol. The van der Waals surface area contributed by atoms with Gasteiger partial charge in [-0.3, -0.25) is 4.79 Å². The maximum atomic E-state index is 12.0. The first kappa shape index (κ1) is 25.7. The molecule has 0 heterocycles. The Kier molecular flexibility index (Phi) is 12.4. The van der Waals surface area contributed by atoms with Gasteiger partial charge in [0, 0.05) is 17.4 Å². The fourth-order valence-electron chi connectivity index (χ4n) is 2.00. The van der Waals surface area contributed by atoms with Gasteiger partial charge in [0.05, 0.1) is 12.0 Å². The molecule has 0 aliphatic rings. The molecule has 0 aromatic heterocycles. The molecule has 0 saturated heterocycles. The Morgan fingerprint density at radius 3 is 2.22 bits per heavy atom. The number of hydrogen-bond acceptors (Lipinski definition) is 6. The van der Waals surface area contributed by atoms with Gasteiger partial charge >= 0.3 is 41.6 Å². The quantitative estimate of drug-likeness (QED) is 0.322. The van der Waals surface area contributed by atoms with E-state index in [9.17, 15) is 19.5 Å². The van der Waals surface area contributed by atoms with Gasteiger partial charge in [0.15, 0.2) is 0 Å². The average Bonchev–Trinajstić information content (AvgIpc) is 2.58. The van der Waals surface area contributed by atoms with Crippen LogP contribution in [-0.2, 0) is 25.5 Å². The summed E-state index contributed by atoms with van der Waals surface area (Å²) in [5, 5.41) is 14.1. The van der Waals surface area contributed by atoms with Crippen LogP contribution in [0, 0.1) is 5.92 Å². The Balaban J connectivity index is 0.00000676. The van der Waals surface area contributed by atoms with Crippen molar-refractivity contribution in [3.63, 3.8) is 0 Å². The van der Waals surface area contributed by atoms with Gasteiger partial charge in [-0.2, -0.15) is 0 Å². The van der Waals surface area contributed by atoms with Crippen molar-refractivity contribution < 1.29 is 58.5 Å². The van der Waals surface area contributed by atoms with Gasteiger partial charge in [-0.15, -0.1) is 0 Å². The van der Waals surface area contributed by atoms with Crippen LogP contribution >= 0.6 is 11.6 Å². The fraction of sp³-hybridized carbons (Fsp3) is 0.500. The summed E-state index contributed by atoms with van der Waals surface area (Å²) in [6.45, 7) is 5.03. The molecular formula is C18H23ClNNaO6. The first-order valence-corrected chi connectivity index (χ1v) is 8.72. The fourth-order valence-corrected chi connectivity index (χ4v) is 2.13. The molecule has 0 bridgehead atoms. The van der Waals surface area contributed by atoms with E-state index in [1.807, 2.05) is 0 Å². The van der Waals surface area contributed by atoms with Crippen molar-refractivity contribution in [2.75, 3.05) is 0 Å². The summed E-state index contributed by atoms with van der Waals surface area (Å²) in [6, 6.07) is 5.69. The second kappa shape index (κ2) is 13.0. The molecule has 0 fully saturated rings. The van der Waals surface area contributed by atoms with E-state index >= 15 is 0 Å². The average molecular weight is 408 g/mol. The van der Waals surface area contributed by atoms with E-state index in [2.05, 4.69) is 5.32 Å². The maximum Gasteiger partial charge on any atom is 1.00 e. The van der Waals surface area contributed by atoms with Crippen molar-refractivity contribution in [2.45, 2.75) is 52.4 Å². The molecule has 1 rings (SSSR count). The number of rotatable bonds is 9. The smallest absolute Gasteiger partial charge is 0.548 e. The summed E-state index contributed by atoms with van der Waals surface area (Å²) in [4.78, 5) is 34.6. The zero-order valence-corrected chi connectivity index (χ0v) is 18.7. The molecule has 27 heavy (non-hydrogen) atoms. The number of alkyl carbamates (subject to hydrolysis) is 1. The van der Waals surface area contributed by atoms with Crippen LogP contribution in [0.25, 0.3) is 0 Å². The first-order chi connectivity index (χ1) is 12.2. The molecule has 0 aliphatic carbocycles. The van der Waals surface area contributed by atoms with Gasteiger partial charge in [0.25, 0.3) is 6.29 Å². The van der Waals surface area contributed by atoms with E-state index in [0.717, 1.165) is 5.56 Å². The van der Waals surface area contributed by atoms with Gasteiger partial charge in [-0.1, -0.05) is 44.5 Å². The van der Waals surface area contributed by atoms with Crippen LogP contribution in [0.4, 0.5) is 4.79 Å². The molecule has 9 heteroatoms. The van der Waals surface area contributed by atoms with E-state index in [1.165, 1.54) is 0 Å². The molecule has 0 saturated carbocycles. The standard InChI is InChI=1S/C18H24ClNO6.Na/c1-4-15(21)25-17(11(2)3)26-18(24)20-14(16(22)23)10-7-12-5-8-13(19)9-6-12;/h5-6,8-9,11,14,17H,4,7,10H2,1-3H3,(H,20,24)(H,22,23);/q;+1/p-1. The minimum Gasteiger partial charge on any atom is -0.548 e. The van der Waals surface area contributed by atoms with E-state index in [0.29, 0.717) is 11.4 Å². The number of carboxylic acid groups (broad SMARTS) is 1. The number of carbonyl (C=O) groups is 3. The normalized spacial score (nSPS) is 12.5. The Morgan fingerprint density at radius 2 is 1.74 bits per heavy atom. The van der Waals surface area contributed by atoms with Gasteiger partial charge in [-0.05, 0) is 30.5 Å². The molecule has 2 atom stereocenters. The number of nitrogens with one attached hydrogen (secondary N) is 1. The summed E-state index contributed by atoms with van der Waals surface area (Å²) in [6.07, 6.45) is -1.44. The Labute approximate surface area is 186 Å². The second-order valence-corrected chi connectivity index (χ2v) is 6.48. The van der Waals surface area contributed by atoms with Crippen molar-refractivity contribution in [2.24, 2.45) is 5.92 Å². The molecule has 0 aliphatic heterocycles.